The van der Waals surface area contributed by atoms with Crippen molar-refractivity contribution in [3.05, 3.63) is 358 Å². The minimum atomic E-state index is -0.277. The highest BCUT2D eigenvalue weighted by Crippen LogP contribution is 2.55. The average Bonchev–Trinajstić information content (AvgIpc) is 0.687. The van der Waals surface area contributed by atoms with Crippen molar-refractivity contribution in [3.8, 4) is 44.5 Å². The van der Waals surface area contributed by atoms with E-state index >= 15 is 0 Å². The first kappa shape index (κ1) is 67.7. The molecule has 2 nitrogen and oxygen atoms in total. The van der Waals surface area contributed by atoms with Crippen LogP contribution in [0.1, 0.15) is 172 Å². The number of para-hydroxylation sites is 1. The molecule has 2 aliphatic heterocycles. The van der Waals surface area contributed by atoms with Gasteiger partial charge in [-0.05, 0) is 251 Å². The Bertz CT molecular complexity index is 5350. The maximum atomic E-state index is 2.86. The van der Waals surface area contributed by atoms with Crippen molar-refractivity contribution in [2.45, 2.75) is 155 Å². The second-order valence-corrected chi connectivity index (χ2v) is 33.5. The van der Waals surface area contributed by atoms with E-state index in [0.29, 0.717) is 0 Å². The van der Waals surface area contributed by atoms with Gasteiger partial charge in [0.05, 0.1) is 11.4 Å². The summed E-state index contributed by atoms with van der Waals surface area (Å²) in [6.07, 6.45) is 34.3. The van der Waals surface area contributed by atoms with E-state index in [9.17, 15) is 0 Å². The van der Waals surface area contributed by atoms with Gasteiger partial charge in [0.1, 0.15) is 0 Å². The predicted octanol–water partition coefficient (Wildman–Crippen LogP) is 26.1. The second-order valence-electron chi connectivity index (χ2n) is 33.5. The van der Waals surface area contributed by atoms with E-state index in [-0.39, 0.29) is 28.9 Å². The molecule has 0 spiro atoms. The summed E-state index contributed by atoms with van der Waals surface area (Å²) >= 11 is 0. The minimum absolute atomic E-state index is 0.0106. The molecule has 0 saturated carbocycles. The zero-order chi connectivity index (χ0) is 71.7. The Kier molecular flexibility index (Phi) is 17.7. The number of anilines is 5. The van der Waals surface area contributed by atoms with Gasteiger partial charge in [-0.15, -0.1) is 0 Å². The lowest BCUT2D eigenvalue weighted by Gasteiger charge is -2.47. The molecule has 10 aromatic carbocycles. The summed E-state index contributed by atoms with van der Waals surface area (Å²) in [4.78, 5) is 5.67. The molecule has 1 unspecified atom stereocenters. The molecular weight excluding hydrogens is 1260 g/mol. The Hall–Kier alpha value is -10.5. The molecule has 0 bridgehead atoms. The zero-order valence-electron chi connectivity index (χ0n) is 63.0. The van der Waals surface area contributed by atoms with Crippen LogP contribution >= 0.6 is 0 Å². The lowest BCUT2D eigenvalue weighted by molar-refractivity contribution is 0.590. The molecule has 5 aliphatic carbocycles. The molecule has 105 heavy (non-hydrogen) atoms. The molecule has 0 saturated heterocycles. The van der Waals surface area contributed by atoms with Crippen LogP contribution in [0.3, 0.4) is 0 Å². The third-order valence-corrected chi connectivity index (χ3v) is 23.5. The molecule has 3 heteroatoms. The molecule has 7 aliphatic rings. The smallest absolute Gasteiger partial charge is 0.252 e. The molecule has 10 aromatic rings. The molecule has 518 valence electrons. The van der Waals surface area contributed by atoms with Crippen LogP contribution < -0.4 is 26.2 Å². The predicted molar refractivity (Wildman–Crippen MR) is 451 cm³/mol. The lowest BCUT2D eigenvalue weighted by Crippen LogP contribution is -2.62. The number of benzene rings is 10. The van der Waals surface area contributed by atoms with Gasteiger partial charge in [0.15, 0.2) is 0 Å². The van der Waals surface area contributed by atoms with Gasteiger partial charge in [-0.3, -0.25) is 0 Å². The van der Waals surface area contributed by atoms with Gasteiger partial charge in [-0.1, -0.05) is 317 Å². The van der Waals surface area contributed by atoms with Crippen LogP contribution in [0, 0.1) is 0 Å². The first-order valence-corrected chi connectivity index (χ1v) is 39.0. The Morgan fingerprint density at radius 2 is 0.876 bits per heavy atom. The van der Waals surface area contributed by atoms with E-state index in [0.717, 1.165) is 57.8 Å². The van der Waals surface area contributed by atoms with Gasteiger partial charge < -0.3 is 9.80 Å². The number of allylic oxidation sites excluding steroid dienone is 16. The van der Waals surface area contributed by atoms with E-state index in [1.165, 1.54) is 186 Å². The summed E-state index contributed by atoms with van der Waals surface area (Å²) in [5.41, 5.74) is 40.1. The fourth-order valence-corrected chi connectivity index (χ4v) is 17.8. The highest BCUT2D eigenvalue weighted by molar-refractivity contribution is 7.00. The normalized spacial score (nSPS) is 17.3. The van der Waals surface area contributed by atoms with E-state index < -0.39 is 0 Å². The summed E-state index contributed by atoms with van der Waals surface area (Å²) in [7, 11) is 0. The molecule has 2 heterocycles. The molecule has 0 amide bonds. The Morgan fingerprint density at radius 3 is 1.50 bits per heavy atom. The minimum Gasteiger partial charge on any atom is -0.311 e. The van der Waals surface area contributed by atoms with Gasteiger partial charge in [-0.25, -0.2) is 0 Å². The summed E-state index contributed by atoms with van der Waals surface area (Å²) in [5.74, 6) is 0.0498. The zero-order valence-corrected chi connectivity index (χ0v) is 63.0. The van der Waals surface area contributed by atoms with Crippen molar-refractivity contribution in [1.29, 1.82) is 0 Å². The van der Waals surface area contributed by atoms with Crippen LogP contribution in [-0.4, -0.2) is 6.71 Å². The van der Waals surface area contributed by atoms with Crippen LogP contribution in [0.4, 0.5) is 28.4 Å². The van der Waals surface area contributed by atoms with Crippen molar-refractivity contribution >= 4 is 62.7 Å². The molecular formula is C102H97BN2. The molecule has 0 aromatic heterocycles. The summed E-state index contributed by atoms with van der Waals surface area (Å²) in [6, 6.07) is 89.3. The van der Waals surface area contributed by atoms with Crippen molar-refractivity contribution in [3.63, 3.8) is 0 Å². The maximum absolute atomic E-state index is 2.86. The molecule has 17 rings (SSSR count). The fourth-order valence-electron chi connectivity index (χ4n) is 17.8. The summed E-state index contributed by atoms with van der Waals surface area (Å²) < 4.78 is 0. The van der Waals surface area contributed by atoms with Crippen molar-refractivity contribution in [1.82, 2.24) is 0 Å². The number of nitrogens with zero attached hydrogens (tertiary/aromatic N) is 2. The monoisotopic (exact) mass is 1360 g/mol. The highest BCUT2D eigenvalue weighted by atomic mass is 15.2. The topological polar surface area (TPSA) is 6.48 Å². The average molecular weight is 1360 g/mol. The highest BCUT2D eigenvalue weighted by Gasteiger charge is 2.47. The number of fused-ring (bicyclic) bond motifs is 4. The lowest BCUT2D eigenvalue weighted by atomic mass is 9.33. The van der Waals surface area contributed by atoms with Crippen molar-refractivity contribution < 1.29 is 0 Å². The standard InChI is InChI=1S/C102H97BN2/c1-100(2,3)84-54-48-72(49-55-84)78-52-58-91-93(64-78)104(98-87(80-40-22-36-74(60-80)68-28-14-10-15-29-68)44-26-45-88(98)81-41-23-37-75(61-81)69-30-16-11-17-31-69)95-66-86(102(7,8)9)67-96-97(95)103(91)92-59-53-79(73-50-56-85(57-51-73)101(4,5)6)65-94(92)105(96)99-89(82-42-24-38-76(62-82)70-32-18-12-19-33-70)46-27-47-90(99)83-43-25-39-77(63-83)71-34-20-13-21-35-71/h10-12,14-19,22-23,26,28-34,36-37,39-42,44-45,47-60,62-67,81H,13,20-21,24-25,27,35,38,43,46,61H2,1-9H3. The summed E-state index contributed by atoms with van der Waals surface area (Å²) in [6.45, 7) is 21.1. The largest absolute Gasteiger partial charge is 0.311 e. The number of hydrogen-bond acceptors (Lipinski definition) is 2. The number of hydrogen-bond donors (Lipinski definition) is 0. The van der Waals surface area contributed by atoms with Gasteiger partial charge >= 0.3 is 0 Å². The van der Waals surface area contributed by atoms with E-state index in [1.807, 2.05) is 0 Å². The van der Waals surface area contributed by atoms with Crippen molar-refractivity contribution in [2.75, 3.05) is 9.80 Å². The first-order valence-electron chi connectivity index (χ1n) is 39.0. The van der Waals surface area contributed by atoms with Gasteiger partial charge in [0, 0.05) is 34.2 Å². The third kappa shape index (κ3) is 13.0. The molecule has 0 fully saturated rings. The summed E-state index contributed by atoms with van der Waals surface area (Å²) in [5, 5.41) is 0. The second kappa shape index (κ2) is 27.5. The SMILES string of the molecule is CC(C)(C)c1ccc(-c2ccc3c(c2)N(C2=C(C4=CCCC(c5ccccc5)=C4)CCC=C2C2=CC(C4=CCCCC4)=CCC2)c2cc(C(C)(C)C)cc4c2B3c2ccc(-c3ccc(C(C)(C)C)cc3)cc2N4c2c(-c3cccc(-c4ccccc4)c3)cccc2C2C=CC=C(c3ccccc3)C2)cc1. The van der Waals surface area contributed by atoms with E-state index in [2.05, 4.69) is 357 Å². The Morgan fingerprint density at radius 1 is 0.362 bits per heavy atom. The first-order chi connectivity index (χ1) is 51.0. The van der Waals surface area contributed by atoms with Gasteiger partial charge in [0.25, 0.3) is 6.71 Å². The van der Waals surface area contributed by atoms with Crippen LogP contribution in [-0.2, 0) is 16.2 Å². The van der Waals surface area contributed by atoms with Crippen LogP contribution in [0.2, 0.25) is 0 Å². The molecule has 0 N–H and O–H groups in total. The fraction of sp³-hybridized carbons (Fsp3) is 0.235. The van der Waals surface area contributed by atoms with E-state index in [1.54, 1.807) is 0 Å². The molecule has 1 atom stereocenters. The van der Waals surface area contributed by atoms with Gasteiger partial charge in [0.2, 0.25) is 0 Å². The van der Waals surface area contributed by atoms with Crippen LogP contribution in [0.15, 0.2) is 324 Å². The van der Waals surface area contributed by atoms with E-state index in [4.69, 9.17) is 0 Å². The van der Waals surface area contributed by atoms with Crippen molar-refractivity contribution in [2.24, 2.45) is 0 Å². The quantitative estimate of drug-likeness (QED) is 0.113. The maximum Gasteiger partial charge on any atom is 0.252 e. The van der Waals surface area contributed by atoms with Gasteiger partial charge in [-0.2, -0.15) is 0 Å². The van der Waals surface area contributed by atoms with Crippen LogP contribution in [0.5, 0.6) is 0 Å². The molecule has 0 radical (unpaired) electrons. The Balaban J connectivity index is 0.988. The third-order valence-electron chi connectivity index (χ3n) is 23.5. The van der Waals surface area contributed by atoms with Crippen LogP contribution in [0.25, 0.3) is 55.7 Å². The number of rotatable bonds is 12. The Labute approximate surface area is 625 Å².